The minimum Gasteiger partial charge on any atom is -0.491 e. The van der Waals surface area contributed by atoms with Crippen LogP contribution in [0.25, 0.3) is 0 Å². The zero-order chi connectivity index (χ0) is 19.7. The number of β-lactam (4-membered cyclic amide) rings is 1. The third-order valence-electron chi connectivity index (χ3n) is 4.83. The molecule has 0 unspecified atom stereocenters. The molecular weight excluding hydrogens is 354 g/mol. The van der Waals surface area contributed by atoms with Gasteiger partial charge in [-0.15, -0.1) is 5.10 Å². The molecule has 144 valence electrons. The summed E-state index contributed by atoms with van der Waals surface area (Å²) < 4.78 is 7.33. The minimum atomic E-state index is -0.424. The van der Waals surface area contributed by atoms with Crippen LogP contribution in [0.15, 0.2) is 54.9 Å². The first-order valence-electron chi connectivity index (χ1n) is 9.38. The third kappa shape index (κ3) is 3.47. The lowest BCUT2D eigenvalue weighted by molar-refractivity contribution is -0.157. The first kappa shape index (κ1) is 18.2. The van der Waals surface area contributed by atoms with Crippen molar-refractivity contribution < 1.29 is 9.53 Å². The fraction of sp³-hybridized carbons (Fsp3) is 0.333. The van der Waals surface area contributed by atoms with Crippen molar-refractivity contribution in [3.05, 3.63) is 71.5 Å². The molecule has 0 N–H and O–H groups in total. The fourth-order valence-electron chi connectivity index (χ4n) is 3.66. The van der Waals surface area contributed by atoms with E-state index >= 15 is 0 Å². The van der Waals surface area contributed by atoms with Crippen LogP contribution in [-0.2, 0) is 11.3 Å². The number of ether oxygens (including phenoxy) is 1. The molecular formula is C21H23N5O2. The second kappa shape index (κ2) is 7.42. The first-order chi connectivity index (χ1) is 13.5. The number of hydrogen-bond donors (Lipinski definition) is 0. The van der Waals surface area contributed by atoms with Crippen LogP contribution >= 0.6 is 0 Å². The SMILES string of the molecule is Cc1cccc([C@H]2[C@H](n3cnnn3)C(=O)N2Cc2cccc(OC(C)C)c2)c1. The van der Waals surface area contributed by atoms with Crippen LogP contribution in [0.1, 0.15) is 42.6 Å². The van der Waals surface area contributed by atoms with Crippen molar-refractivity contribution in [1.29, 1.82) is 0 Å². The lowest BCUT2D eigenvalue weighted by atomic mass is 9.87. The Kier molecular flexibility index (Phi) is 4.81. The normalized spacial score (nSPS) is 19.0. The molecule has 7 nitrogen and oxygen atoms in total. The van der Waals surface area contributed by atoms with Gasteiger partial charge in [-0.05, 0) is 54.5 Å². The maximum absolute atomic E-state index is 13.0. The van der Waals surface area contributed by atoms with Crippen LogP contribution in [-0.4, -0.2) is 37.1 Å². The highest BCUT2D eigenvalue weighted by Crippen LogP contribution is 2.44. The van der Waals surface area contributed by atoms with E-state index in [1.807, 2.05) is 68.1 Å². The quantitative estimate of drug-likeness (QED) is 0.617. The van der Waals surface area contributed by atoms with Gasteiger partial charge in [0.05, 0.1) is 12.1 Å². The van der Waals surface area contributed by atoms with E-state index in [0.717, 1.165) is 22.4 Å². The van der Waals surface area contributed by atoms with Gasteiger partial charge in [0, 0.05) is 6.54 Å². The summed E-state index contributed by atoms with van der Waals surface area (Å²) in [6, 6.07) is 15.6. The van der Waals surface area contributed by atoms with Crippen LogP contribution in [0.4, 0.5) is 0 Å². The molecule has 7 heteroatoms. The van der Waals surface area contributed by atoms with Crippen LogP contribution in [0, 0.1) is 6.92 Å². The number of carbonyl (C=O) groups excluding carboxylic acids is 1. The molecule has 2 atom stereocenters. The molecule has 0 bridgehead atoms. The Morgan fingerprint density at radius 1 is 1.11 bits per heavy atom. The first-order valence-corrected chi connectivity index (χ1v) is 9.38. The molecule has 28 heavy (non-hydrogen) atoms. The molecule has 0 aliphatic carbocycles. The summed E-state index contributed by atoms with van der Waals surface area (Å²) in [6.45, 7) is 6.55. The van der Waals surface area contributed by atoms with E-state index in [-0.39, 0.29) is 18.1 Å². The zero-order valence-corrected chi connectivity index (χ0v) is 16.2. The summed E-state index contributed by atoms with van der Waals surface area (Å²) in [4.78, 5) is 14.8. The summed E-state index contributed by atoms with van der Waals surface area (Å²) in [6.07, 6.45) is 1.60. The van der Waals surface area contributed by atoms with Crippen LogP contribution in [0.5, 0.6) is 5.75 Å². The molecule has 1 saturated heterocycles. The van der Waals surface area contributed by atoms with Crippen molar-refractivity contribution in [1.82, 2.24) is 25.1 Å². The highest BCUT2D eigenvalue weighted by molar-refractivity contribution is 5.88. The molecule has 1 aliphatic heterocycles. The van der Waals surface area contributed by atoms with Gasteiger partial charge in [0.2, 0.25) is 0 Å². The zero-order valence-electron chi connectivity index (χ0n) is 16.2. The van der Waals surface area contributed by atoms with Crippen molar-refractivity contribution >= 4 is 5.91 Å². The van der Waals surface area contributed by atoms with Gasteiger partial charge < -0.3 is 9.64 Å². The molecule has 1 amide bonds. The van der Waals surface area contributed by atoms with Gasteiger partial charge in [0.1, 0.15) is 12.1 Å². The highest BCUT2D eigenvalue weighted by Gasteiger charge is 2.50. The summed E-state index contributed by atoms with van der Waals surface area (Å²) >= 11 is 0. The number of amides is 1. The van der Waals surface area contributed by atoms with Gasteiger partial charge in [0.25, 0.3) is 5.91 Å². The minimum absolute atomic E-state index is 0.00832. The number of benzene rings is 2. The number of aryl methyl sites for hydroxylation is 1. The number of tetrazole rings is 1. The largest absolute Gasteiger partial charge is 0.491 e. The number of nitrogens with zero attached hydrogens (tertiary/aromatic N) is 5. The monoisotopic (exact) mass is 377 g/mol. The molecule has 3 aromatic rings. The summed E-state index contributed by atoms with van der Waals surface area (Å²) in [7, 11) is 0. The Morgan fingerprint density at radius 3 is 2.64 bits per heavy atom. The number of carbonyl (C=O) groups is 1. The van der Waals surface area contributed by atoms with E-state index in [2.05, 4.69) is 21.6 Å². The number of aromatic nitrogens is 4. The van der Waals surface area contributed by atoms with Crippen molar-refractivity contribution in [2.45, 2.75) is 45.5 Å². The summed E-state index contributed by atoms with van der Waals surface area (Å²) in [5.41, 5.74) is 3.26. The third-order valence-corrected chi connectivity index (χ3v) is 4.83. The number of rotatable bonds is 6. The van der Waals surface area contributed by atoms with Crippen LogP contribution in [0.3, 0.4) is 0 Å². The van der Waals surface area contributed by atoms with E-state index in [0.29, 0.717) is 6.54 Å². The Hall–Kier alpha value is -3.22. The predicted molar refractivity (Wildman–Crippen MR) is 104 cm³/mol. The molecule has 2 heterocycles. The molecule has 4 rings (SSSR count). The molecule has 1 aliphatic rings. The Morgan fingerprint density at radius 2 is 1.93 bits per heavy atom. The average Bonchev–Trinajstić information content (AvgIpc) is 3.17. The van der Waals surface area contributed by atoms with E-state index in [4.69, 9.17) is 4.74 Å². The molecule has 2 aromatic carbocycles. The smallest absolute Gasteiger partial charge is 0.251 e. The second-order valence-corrected chi connectivity index (χ2v) is 7.37. The maximum Gasteiger partial charge on any atom is 0.251 e. The van der Waals surface area contributed by atoms with E-state index in [1.165, 1.54) is 6.33 Å². The standard InChI is InChI=1S/C21H23N5O2/c1-14(2)28-18-9-5-7-16(11-18)12-25-19(17-8-4-6-15(3)10-17)20(21(25)27)26-13-22-23-24-26/h4-11,13-14,19-20H,12H2,1-3H3/t19-,20-/m0/s1. The van der Waals surface area contributed by atoms with Gasteiger partial charge in [-0.1, -0.05) is 42.0 Å². The summed E-state index contributed by atoms with van der Waals surface area (Å²) in [5, 5.41) is 11.4. The Labute approximate surface area is 163 Å². The lowest BCUT2D eigenvalue weighted by Crippen LogP contribution is -2.55. The Balaban J connectivity index is 1.63. The topological polar surface area (TPSA) is 73.1 Å². The number of hydrogen-bond acceptors (Lipinski definition) is 5. The predicted octanol–water partition coefficient (Wildman–Crippen LogP) is 3.09. The molecule has 0 radical (unpaired) electrons. The van der Waals surface area contributed by atoms with Crippen LogP contribution < -0.4 is 4.74 Å². The number of likely N-dealkylation sites (tertiary alicyclic amines) is 1. The Bertz CT molecular complexity index is 970. The van der Waals surface area contributed by atoms with Gasteiger partial charge in [-0.2, -0.15) is 0 Å². The van der Waals surface area contributed by atoms with Crippen molar-refractivity contribution in [3.63, 3.8) is 0 Å². The molecule has 0 saturated carbocycles. The van der Waals surface area contributed by atoms with Gasteiger partial charge >= 0.3 is 0 Å². The average molecular weight is 377 g/mol. The molecule has 0 spiro atoms. The van der Waals surface area contributed by atoms with E-state index < -0.39 is 6.04 Å². The highest BCUT2D eigenvalue weighted by atomic mass is 16.5. The van der Waals surface area contributed by atoms with Gasteiger partial charge in [0.15, 0.2) is 6.04 Å². The van der Waals surface area contributed by atoms with E-state index in [1.54, 1.807) is 4.68 Å². The van der Waals surface area contributed by atoms with Gasteiger partial charge in [-0.25, -0.2) is 4.68 Å². The second-order valence-electron chi connectivity index (χ2n) is 7.37. The fourth-order valence-corrected chi connectivity index (χ4v) is 3.66. The maximum atomic E-state index is 13.0. The van der Waals surface area contributed by atoms with Crippen molar-refractivity contribution in [2.24, 2.45) is 0 Å². The summed E-state index contributed by atoms with van der Waals surface area (Å²) in [5.74, 6) is 0.818. The van der Waals surface area contributed by atoms with E-state index in [9.17, 15) is 4.79 Å². The lowest BCUT2D eigenvalue weighted by Gasteiger charge is -2.47. The van der Waals surface area contributed by atoms with Crippen molar-refractivity contribution in [2.75, 3.05) is 0 Å². The molecule has 1 aromatic heterocycles. The van der Waals surface area contributed by atoms with Crippen molar-refractivity contribution in [3.8, 4) is 5.75 Å². The van der Waals surface area contributed by atoms with Gasteiger partial charge in [-0.3, -0.25) is 4.79 Å². The van der Waals surface area contributed by atoms with Crippen LogP contribution in [0.2, 0.25) is 0 Å². The molecule has 1 fully saturated rings.